The summed E-state index contributed by atoms with van der Waals surface area (Å²) in [6.07, 6.45) is 0. The first-order valence-corrected chi connectivity index (χ1v) is 6.87. The van der Waals surface area contributed by atoms with Crippen molar-refractivity contribution in [1.29, 1.82) is 0 Å². The third-order valence-corrected chi connectivity index (χ3v) is 3.55. The van der Waals surface area contributed by atoms with Gasteiger partial charge >= 0.3 is 6.03 Å². The Labute approximate surface area is 125 Å². The molecule has 0 aliphatic heterocycles. The molecule has 0 aliphatic rings. The van der Waals surface area contributed by atoms with Crippen molar-refractivity contribution in [2.24, 2.45) is 0 Å². The minimum absolute atomic E-state index is 0.0876. The molecule has 0 saturated heterocycles. The summed E-state index contributed by atoms with van der Waals surface area (Å²) in [5, 5.41) is 12.2. The molecule has 2 aromatic rings. The number of rotatable bonds is 3. The average molecular weight is 284 g/mol. The number of anilines is 1. The van der Waals surface area contributed by atoms with Gasteiger partial charge < -0.3 is 15.3 Å². The van der Waals surface area contributed by atoms with E-state index in [1.54, 1.807) is 24.1 Å². The molecule has 2 aromatic carbocycles. The van der Waals surface area contributed by atoms with Gasteiger partial charge in [0, 0.05) is 12.7 Å². The summed E-state index contributed by atoms with van der Waals surface area (Å²) in [4.78, 5) is 13.9. The van der Waals surface area contributed by atoms with E-state index < -0.39 is 0 Å². The number of phenols is 1. The highest BCUT2D eigenvalue weighted by atomic mass is 16.3. The maximum absolute atomic E-state index is 12.3. The second-order valence-electron chi connectivity index (χ2n) is 5.18. The predicted octanol–water partition coefficient (Wildman–Crippen LogP) is 3.93. The quantitative estimate of drug-likeness (QED) is 0.897. The van der Waals surface area contributed by atoms with Crippen molar-refractivity contribution >= 4 is 11.7 Å². The van der Waals surface area contributed by atoms with Gasteiger partial charge in [0.15, 0.2) is 0 Å². The molecule has 0 aliphatic carbocycles. The Morgan fingerprint density at radius 2 is 1.86 bits per heavy atom. The highest BCUT2D eigenvalue weighted by molar-refractivity contribution is 5.89. The molecule has 1 unspecified atom stereocenters. The lowest BCUT2D eigenvalue weighted by molar-refractivity contribution is 0.208. The van der Waals surface area contributed by atoms with E-state index >= 15 is 0 Å². The van der Waals surface area contributed by atoms with Crippen LogP contribution in [0.25, 0.3) is 0 Å². The maximum atomic E-state index is 12.3. The van der Waals surface area contributed by atoms with Crippen molar-refractivity contribution in [2.75, 3.05) is 12.4 Å². The average Bonchev–Trinajstić information content (AvgIpc) is 2.46. The van der Waals surface area contributed by atoms with E-state index in [4.69, 9.17) is 0 Å². The second-order valence-corrected chi connectivity index (χ2v) is 5.18. The van der Waals surface area contributed by atoms with E-state index in [-0.39, 0.29) is 17.8 Å². The zero-order chi connectivity index (χ0) is 15.4. The number of nitrogens with one attached hydrogen (secondary N) is 1. The number of carbonyl (C=O) groups is 1. The van der Waals surface area contributed by atoms with E-state index in [0.717, 1.165) is 16.8 Å². The molecule has 110 valence electrons. The van der Waals surface area contributed by atoms with Crippen LogP contribution >= 0.6 is 0 Å². The van der Waals surface area contributed by atoms with Gasteiger partial charge in [-0.15, -0.1) is 0 Å². The zero-order valence-corrected chi connectivity index (χ0v) is 12.5. The van der Waals surface area contributed by atoms with Gasteiger partial charge in [0.25, 0.3) is 0 Å². The van der Waals surface area contributed by atoms with Gasteiger partial charge in [0.1, 0.15) is 5.75 Å². The summed E-state index contributed by atoms with van der Waals surface area (Å²) in [5.41, 5.74) is 2.85. The van der Waals surface area contributed by atoms with Crippen LogP contribution in [0.3, 0.4) is 0 Å². The van der Waals surface area contributed by atoms with Crippen LogP contribution in [-0.2, 0) is 0 Å². The number of benzene rings is 2. The normalized spacial score (nSPS) is 11.8. The van der Waals surface area contributed by atoms with E-state index in [1.165, 1.54) is 0 Å². The smallest absolute Gasteiger partial charge is 0.322 e. The van der Waals surface area contributed by atoms with Crippen LogP contribution in [0.1, 0.15) is 24.1 Å². The third kappa shape index (κ3) is 3.75. The molecule has 2 rings (SSSR count). The lowest BCUT2D eigenvalue weighted by Crippen LogP contribution is -2.33. The van der Waals surface area contributed by atoms with E-state index in [9.17, 15) is 9.90 Å². The number of carbonyl (C=O) groups excluding carboxylic acids is 1. The van der Waals surface area contributed by atoms with Gasteiger partial charge in [-0.25, -0.2) is 4.79 Å². The van der Waals surface area contributed by atoms with Crippen LogP contribution in [0.4, 0.5) is 10.5 Å². The first kappa shape index (κ1) is 14.9. The molecule has 0 spiro atoms. The van der Waals surface area contributed by atoms with Crippen LogP contribution in [-0.4, -0.2) is 23.1 Å². The first-order valence-electron chi connectivity index (χ1n) is 6.87. The topological polar surface area (TPSA) is 52.6 Å². The zero-order valence-electron chi connectivity index (χ0n) is 12.5. The van der Waals surface area contributed by atoms with Gasteiger partial charge in [-0.2, -0.15) is 0 Å². The molecule has 0 aromatic heterocycles. The Hall–Kier alpha value is -2.49. The number of aryl methyl sites for hydroxylation is 1. The van der Waals surface area contributed by atoms with Crippen LogP contribution in [0.15, 0.2) is 48.5 Å². The largest absolute Gasteiger partial charge is 0.508 e. The fourth-order valence-corrected chi connectivity index (χ4v) is 2.09. The fourth-order valence-electron chi connectivity index (χ4n) is 2.09. The Bertz CT molecular complexity index is 623. The monoisotopic (exact) mass is 284 g/mol. The van der Waals surface area contributed by atoms with Gasteiger partial charge in [-0.3, -0.25) is 0 Å². The number of phenolic OH excluding ortho intramolecular Hbond substituents is 1. The highest BCUT2D eigenvalue weighted by Gasteiger charge is 2.17. The minimum Gasteiger partial charge on any atom is -0.508 e. The van der Waals surface area contributed by atoms with Gasteiger partial charge in [-0.05, 0) is 49.2 Å². The third-order valence-electron chi connectivity index (χ3n) is 3.55. The van der Waals surface area contributed by atoms with Crippen LogP contribution in [0.2, 0.25) is 0 Å². The number of hydrogen-bond donors (Lipinski definition) is 2. The molecular formula is C17H20N2O2. The van der Waals surface area contributed by atoms with Crippen LogP contribution in [0.5, 0.6) is 5.75 Å². The summed E-state index contributed by atoms with van der Waals surface area (Å²) in [5.74, 6) is 0.220. The Morgan fingerprint density at radius 3 is 2.48 bits per heavy atom. The predicted molar refractivity (Wildman–Crippen MR) is 84.5 cm³/mol. The fraction of sp³-hybridized carbons (Fsp3) is 0.235. The molecule has 0 heterocycles. The van der Waals surface area contributed by atoms with E-state index in [1.807, 2.05) is 50.2 Å². The Kier molecular flexibility index (Phi) is 4.48. The molecule has 0 radical (unpaired) electrons. The van der Waals surface area contributed by atoms with Crippen molar-refractivity contribution in [3.8, 4) is 5.75 Å². The number of hydrogen-bond acceptors (Lipinski definition) is 2. The molecule has 0 fully saturated rings. The minimum atomic E-state index is -0.166. The van der Waals surface area contributed by atoms with Gasteiger partial charge in [-0.1, -0.05) is 24.3 Å². The van der Waals surface area contributed by atoms with Crippen LogP contribution < -0.4 is 5.32 Å². The summed E-state index contributed by atoms with van der Waals surface area (Å²) in [6, 6.07) is 14.3. The number of aromatic hydroxyl groups is 1. The molecule has 2 N–H and O–H groups in total. The Balaban J connectivity index is 2.06. The number of urea groups is 1. The molecular weight excluding hydrogens is 264 g/mol. The van der Waals surface area contributed by atoms with Crippen molar-refractivity contribution < 1.29 is 9.90 Å². The van der Waals surface area contributed by atoms with Gasteiger partial charge in [0.2, 0.25) is 0 Å². The lowest BCUT2D eigenvalue weighted by Gasteiger charge is -2.25. The summed E-state index contributed by atoms with van der Waals surface area (Å²) in [6.45, 7) is 3.93. The molecule has 2 amide bonds. The molecule has 21 heavy (non-hydrogen) atoms. The lowest BCUT2D eigenvalue weighted by atomic mass is 10.1. The first-order chi connectivity index (χ1) is 9.97. The van der Waals surface area contributed by atoms with Crippen LogP contribution in [0, 0.1) is 6.92 Å². The van der Waals surface area contributed by atoms with Crippen molar-refractivity contribution in [3.05, 3.63) is 59.7 Å². The molecule has 1 atom stereocenters. The molecule has 0 bridgehead atoms. The van der Waals surface area contributed by atoms with Gasteiger partial charge in [0.05, 0.1) is 6.04 Å². The maximum Gasteiger partial charge on any atom is 0.322 e. The standard InChI is InChI=1S/C17H20N2O2/c1-12-5-4-6-15(11-12)18-17(21)19(3)13(2)14-7-9-16(20)10-8-14/h4-11,13,20H,1-3H3,(H,18,21). The van der Waals surface area contributed by atoms with E-state index in [0.29, 0.717) is 0 Å². The number of amides is 2. The Morgan fingerprint density at radius 1 is 1.19 bits per heavy atom. The SMILES string of the molecule is Cc1cccc(NC(=O)N(C)C(C)c2ccc(O)cc2)c1. The highest BCUT2D eigenvalue weighted by Crippen LogP contribution is 2.22. The number of nitrogens with zero attached hydrogens (tertiary/aromatic N) is 1. The van der Waals surface area contributed by atoms with Crippen molar-refractivity contribution in [3.63, 3.8) is 0 Å². The van der Waals surface area contributed by atoms with Crippen molar-refractivity contribution in [1.82, 2.24) is 4.90 Å². The summed E-state index contributed by atoms with van der Waals surface area (Å²) >= 11 is 0. The molecule has 4 nitrogen and oxygen atoms in total. The molecule has 0 saturated carbocycles. The summed E-state index contributed by atoms with van der Waals surface area (Å²) in [7, 11) is 1.75. The summed E-state index contributed by atoms with van der Waals surface area (Å²) < 4.78 is 0. The molecule has 4 heteroatoms. The van der Waals surface area contributed by atoms with Crippen molar-refractivity contribution in [2.45, 2.75) is 19.9 Å². The second kappa shape index (κ2) is 6.31. The van der Waals surface area contributed by atoms with E-state index in [2.05, 4.69) is 5.32 Å².